The average Bonchev–Trinajstić information content (AvgIpc) is 2.48. The largest absolute Gasteiger partial charge is 0.334 e. The van der Waals surface area contributed by atoms with Crippen molar-refractivity contribution in [1.82, 2.24) is 4.90 Å². The van der Waals surface area contributed by atoms with E-state index in [1.807, 2.05) is 23.6 Å². The van der Waals surface area contributed by atoms with Gasteiger partial charge in [-0.25, -0.2) is 0 Å². The number of benzene rings is 1. The van der Waals surface area contributed by atoms with Crippen LogP contribution in [0.25, 0.3) is 0 Å². The molecule has 0 radical (unpaired) electrons. The number of rotatable bonds is 3. The van der Waals surface area contributed by atoms with Gasteiger partial charge in [-0.15, -0.1) is 0 Å². The SMILES string of the molecule is CC1SCCN(C(=O)c2ccc([N+](=O)[O-])c(NN)c2)C1C. The van der Waals surface area contributed by atoms with E-state index in [0.717, 1.165) is 5.75 Å². The molecule has 0 bridgehead atoms. The molecule has 1 aromatic rings. The van der Waals surface area contributed by atoms with Crippen LogP contribution in [-0.4, -0.2) is 39.3 Å². The van der Waals surface area contributed by atoms with Crippen molar-refractivity contribution >= 4 is 29.0 Å². The van der Waals surface area contributed by atoms with Gasteiger partial charge in [0.25, 0.3) is 11.6 Å². The summed E-state index contributed by atoms with van der Waals surface area (Å²) >= 11 is 1.84. The summed E-state index contributed by atoms with van der Waals surface area (Å²) in [6, 6.07) is 4.33. The van der Waals surface area contributed by atoms with Crippen molar-refractivity contribution in [3.8, 4) is 0 Å². The second-order valence-electron chi connectivity index (χ2n) is 4.95. The summed E-state index contributed by atoms with van der Waals surface area (Å²) in [5, 5.41) is 11.2. The van der Waals surface area contributed by atoms with Crippen molar-refractivity contribution in [1.29, 1.82) is 0 Å². The number of nitrogen functional groups attached to an aromatic ring is 1. The van der Waals surface area contributed by atoms with Crippen LogP contribution < -0.4 is 11.3 Å². The second kappa shape index (κ2) is 6.31. The minimum Gasteiger partial charge on any atom is -0.334 e. The van der Waals surface area contributed by atoms with Crippen molar-refractivity contribution in [2.24, 2.45) is 5.84 Å². The molecule has 7 nitrogen and oxygen atoms in total. The highest BCUT2D eigenvalue weighted by molar-refractivity contribution is 8.00. The molecule has 1 heterocycles. The Hall–Kier alpha value is -1.80. The number of hydrazine groups is 1. The molecule has 1 aliphatic rings. The molecular formula is C13H18N4O3S. The first kappa shape index (κ1) is 15.6. The van der Waals surface area contributed by atoms with Gasteiger partial charge in [0.2, 0.25) is 0 Å². The fourth-order valence-electron chi connectivity index (χ4n) is 2.33. The second-order valence-corrected chi connectivity index (χ2v) is 6.43. The average molecular weight is 310 g/mol. The first-order chi connectivity index (χ1) is 9.95. The molecule has 2 unspecified atom stereocenters. The molecule has 0 aliphatic carbocycles. The molecule has 0 aromatic heterocycles. The van der Waals surface area contributed by atoms with E-state index in [2.05, 4.69) is 12.3 Å². The van der Waals surface area contributed by atoms with Crippen LogP contribution in [0.1, 0.15) is 24.2 Å². The lowest BCUT2D eigenvalue weighted by molar-refractivity contribution is -0.384. The number of hydrogen-bond donors (Lipinski definition) is 2. The van der Waals surface area contributed by atoms with Crippen LogP contribution in [0.3, 0.4) is 0 Å². The summed E-state index contributed by atoms with van der Waals surface area (Å²) < 4.78 is 0. The zero-order valence-corrected chi connectivity index (χ0v) is 12.7. The number of nitro groups is 1. The summed E-state index contributed by atoms with van der Waals surface area (Å²) in [4.78, 5) is 24.7. The minimum absolute atomic E-state index is 0.124. The molecule has 1 aliphatic heterocycles. The molecule has 114 valence electrons. The van der Waals surface area contributed by atoms with Gasteiger partial charge in [0.1, 0.15) is 5.69 Å². The van der Waals surface area contributed by atoms with Crippen molar-refractivity contribution in [2.75, 3.05) is 17.7 Å². The summed E-state index contributed by atoms with van der Waals surface area (Å²) in [7, 11) is 0. The fraction of sp³-hybridized carbons (Fsp3) is 0.462. The Bertz CT molecular complexity index is 566. The topological polar surface area (TPSA) is 102 Å². The molecule has 0 spiro atoms. The molecule has 1 aromatic carbocycles. The van der Waals surface area contributed by atoms with Gasteiger partial charge < -0.3 is 10.3 Å². The molecule has 8 heteroatoms. The van der Waals surface area contributed by atoms with Crippen LogP contribution in [0.2, 0.25) is 0 Å². The molecule has 1 amide bonds. The Balaban J connectivity index is 2.29. The number of nitrogens with zero attached hydrogens (tertiary/aromatic N) is 2. The van der Waals surface area contributed by atoms with Crippen LogP contribution in [0, 0.1) is 10.1 Å². The maximum atomic E-state index is 12.6. The Kier molecular flexibility index (Phi) is 4.69. The Labute approximate surface area is 127 Å². The van der Waals surface area contributed by atoms with E-state index < -0.39 is 4.92 Å². The number of anilines is 1. The molecule has 2 rings (SSSR count). The van der Waals surface area contributed by atoms with Crippen molar-refractivity contribution in [3.05, 3.63) is 33.9 Å². The number of carbonyl (C=O) groups excluding carboxylic acids is 1. The van der Waals surface area contributed by atoms with E-state index in [9.17, 15) is 14.9 Å². The van der Waals surface area contributed by atoms with Gasteiger partial charge in [-0.2, -0.15) is 11.8 Å². The number of hydrogen-bond acceptors (Lipinski definition) is 6. The van der Waals surface area contributed by atoms with Crippen LogP contribution in [0.5, 0.6) is 0 Å². The van der Waals surface area contributed by atoms with Gasteiger partial charge in [-0.05, 0) is 19.1 Å². The van der Waals surface area contributed by atoms with Gasteiger partial charge in [0, 0.05) is 35.2 Å². The molecule has 3 N–H and O–H groups in total. The number of amides is 1. The summed E-state index contributed by atoms with van der Waals surface area (Å²) in [6.07, 6.45) is 0. The van der Waals surface area contributed by atoms with E-state index in [-0.39, 0.29) is 23.3 Å². The van der Waals surface area contributed by atoms with Crippen LogP contribution in [-0.2, 0) is 0 Å². The Morgan fingerprint density at radius 2 is 2.24 bits per heavy atom. The molecule has 0 saturated carbocycles. The minimum atomic E-state index is -0.536. The number of carbonyl (C=O) groups is 1. The Morgan fingerprint density at radius 3 is 2.86 bits per heavy atom. The highest BCUT2D eigenvalue weighted by Gasteiger charge is 2.30. The lowest BCUT2D eigenvalue weighted by atomic mass is 10.1. The highest BCUT2D eigenvalue weighted by atomic mass is 32.2. The maximum Gasteiger partial charge on any atom is 0.293 e. The smallest absolute Gasteiger partial charge is 0.293 e. The van der Waals surface area contributed by atoms with Crippen molar-refractivity contribution < 1.29 is 9.72 Å². The zero-order chi connectivity index (χ0) is 15.6. The molecule has 1 fully saturated rings. The normalized spacial score (nSPS) is 22.0. The first-order valence-electron chi connectivity index (χ1n) is 6.63. The molecular weight excluding hydrogens is 292 g/mol. The molecule has 2 atom stereocenters. The van der Waals surface area contributed by atoms with E-state index in [1.54, 1.807) is 0 Å². The zero-order valence-electron chi connectivity index (χ0n) is 11.9. The summed E-state index contributed by atoms with van der Waals surface area (Å²) in [5.74, 6) is 6.07. The van der Waals surface area contributed by atoms with Gasteiger partial charge >= 0.3 is 0 Å². The monoisotopic (exact) mass is 310 g/mol. The van der Waals surface area contributed by atoms with E-state index in [0.29, 0.717) is 17.4 Å². The van der Waals surface area contributed by atoms with Gasteiger partial charge in [-0.1, -0.05) is 6.92 Å². The quantitative estimate of drug-likeness (QED) is 0.502. The highest BCUT2D eigenvalue weighted by Crippen LogP contribution is 2.28. The van der Waals surface area contributed by atoms with Gasteiger partial charge in [0.15, 0.2) is 0 Å². The number of thioether (sulfide) groups is 1. The predicted octanol–water partition coefficient (Wildman–Crippen LogP) is 1.85. The summed E-state index contributed by atoms with van der Waals surface area (Å²) in [5.41, 5.74) is 2.67. The van der Waals surface area contributed by atoms with E-state index in [4.69, 9.17) is 5.84 Å². The third kappa shape index (κ3) is 3.11. The molecule has 21 heavy (non-hydrogen) atoms. The van der Waals surface area contributed by atoms with Gasteiger partial charge in [0.05, 0.1) is 4.92 Å². The van der Waals surface area contributed by atoms with Gasteiger partial charge in [-0.3, -0.25) is 20.8 Å². The van der Waals surface area contributed by atoms with Crippen molar-refractivity contribution in [3.63, 3.8) is 0 Å². The third-order valence-corrected chi connectivity index (χ3v) is 5.08. The fourth-order valence-corrected chi connectivity index (χ4v) is 3.43. The van der Waals surface area contributed by atoms with Crippen LogP contribution >= 0.6 is 11.8 Å². The molecule has 1 saturated heterocycles. The first-order valence-corrected chi connectivity index (χ1v) is 7.68. The van der Waals surface area contributed by atoms with Crippen molar-refractivity contribution in [2.45, 2.75) is 25.1 Å². The third-order valence-electron chi connectivity index (χ3n) is 3.74. The lowest BCUT2D eigenvalue weighted by Gasteiger charge is -2.37. The number of nitro benzene ring substituents is 1. The lowest BCUT2D eigenvalue weighted by Crippen LogP contribution is -2.47. The van der Waals surface area contributed by atoms with Crippen LogP contribution in [0.4, 0.5) is 11.4 Å². The van der Waals surface area contributed by atoms with Crippen LogP contribution in [0.15, 0.2) is 18.2 Å². The van der Waals surface area contributed by atoms with E-state index >= 15 is 0 Å². The predicted molar refractivity (Wildman–Crippen MR) is 83.3 cm³/mol. The maximum absolute atomic E-state index is 12.6. The number of nitrogens with one attached hydrogen (secondary N) is 1. The summed E-state index contributed by atoms with van der Waals surface area (Å²) in [6.45, 7) is 4.79. The van der Waals surface area contributed by atoms with E-state index in [1.165, 1.54) is 18.2 Å². The standard InChI is InChI=1S/C13H18N4O3S/c1-8-9(2)21-6-5-16(8)13(18)10-3-4-12(17(19)20)11(7-10)15-14/h3-4,7-9,15H,5-6,14H2,1-2H3. The number of nitrogens with two attached hydrogens (primary N) is 1. The Morgan fingerprint density at radius 1 is 1.52 bits per heavy atom.